The van der Waals surface area contributed by atoms with E-state index in [0.717, 1.165) is 0 Å². The van der Waals surface area contributed by atoms with E-state index in [-0.39, 0.29) is 4.90 Å². The van der Waals surface area contributed by atoms with Crippen LogP contribution >= 0.6 is 0 Å². The summed E-state index contributed by atoms with van der Waals surface area (Å²) >= 11 is 0. The molecule has 1 aromatic carbocycles. The largest absolute Gasteiger partial charge is 0.399 e. The summed E-state index contributed by atoms with van der Waals surface area (Å²) in [5, 5.41) is 14.0. The third-order valence-corrected chi connectivity index (χ3v) is 4.10. The van der Waals surface area contributed by atoms with Crippen LogP contribution in [0.2, 0.25) is 0 Å². The third-order valence-electron chi connectivity index (χ3n) is 3.06. The van der Waals surface area contributed by atoms with E-state index >= 15 is 0 Å². The number of nitriles is 1. The Morgan fingerprint density at radius 2 is 2.05 bits per heavy atom. The van der Waals surface area contributed by atoms with E-state index in [1.54, 1.807) is 20.1 Å². The summed E-state index contributed by atoms with van der Waals surface area (Å²) in [6.07, 6.45) is 0.308. The van der Waals surface area contributed by atoms with Gasteiger partial charge in [-0.15, -0.1) is 0 Å². The first-order valence-corrected chi connectivity index (χ1v) is 7.89. The standard InChI is InChI=1S/C13H20N4O3S/c1-10-12(17(5-3-4-14)6-7-20-2)8-11(15)9-13(10)21(16,18)19/h8-9H,3,5-7,15H2,1-2H3,(H2,16,18,19). The van der Waals surface area contributed by atoms with Gasteiger partial charge in [0.2, 0.25) is 10.0 Å². The van der Waals surface area contributed by atoms with Crippen LogP contribution in [-0.2, 0) is 14.8 Å². The number of ether oxygens (including phenoxy) is 1. The lowest BCUT2D eigenvalue weighted by Crippen LogP contribution is -2.29. The molecule has 0 saturated carbocycles. The second-order valence-corrected chi connectivity index (χ2v) is 6.13. The van der Waals surface area contributed by atoms with Crippen molar-refractivity contribution in [2.45, 2.75) is 18.2 Å². The zero-order valence-corrected chi connectivity index (χ0v) is 13.0. The highest BCUT2D eigenvalue weighted by molar-refractivity contribution is 7.89. The minimum absolute atomic E-state index is 0.00289. The molecule has 7 nitrogen and oxygen atoms in total. The predicted molar refractivity (Wildman–Crippen MR) is 81.3 cm³/mol. The van der Waals surface area contributed by atoms with E-state index in [0.29, 0.717) is 43.1 Å². The number of hydrogen-bond acceptors (Lipinski definition) is 6. The zero-order chi connectivity index (χ0) is 16.0. The normalized spacial score (nSPS) is 11.1. The number of primary sulfonamides is 1. The molecule has 0 saturated heterocycles. The summed E-state index contributed by atoms with van der Waals surface area (Å²) in [7, 11) is -2.28. The van der Waals surface area contributed by atoms with Crippen LogP contribution in [0.25, 0.3) is 0 Å². The van der Waals surface area contributed by atoms with E-state index in [9.17, 15) is 8.42 Å². The molecule has 1 aromatic rings. The van der Waals surface area contributed by atoms with Gasteiger partial charge in [0.05, 0.1) is 24.0 Å². The molecule has 0 unspecified atom stereocenters. The van der Waals surface area contributed by atoms with Crippen molar-refractivity contribution in [2.75, 3.05) is 37.4 Å². The fourth-order valence-corrected chi connectivity index (χ4v) is 2.89. The Kier molecular flexibility index (Phi) is 5.96. The van der Waals surface area contributed by atoms with Gasteiger partial charge in [0.15, 0.2) is 0 Å². The van der Waals surface area contributed by atoms with Crippen molar-refractivity contribution in [3.8, 4) is 6.07 Å². The number of nitrogens with two attached hydrogens (primary N) is 2. The fourth-order valence-electron chi connectivity index (χ4n) is 2.06. The lowest BCUT2D eigenvalue weighted by molar-refractivity contribution is 0.205. The predicted octanol–water partition coefficient (Wildman–Crippen LogP) is 0.591. The van der Waals surface area contributed by atoms with E-state index in [1.807, 2.05) is 4.90 Å². The Labute approximate surface area is 125 Å². The van der Waals surface area contributed by atoms with Gasteiger partial charge < -0.3 is 15.4 Å². The summed E-state index contributed by atoms with van der Waals surface area (Å²) in [6.45, 7) is 3.09. The highest BCUT2D eigenvalue weighted by Crippen LogP contribution is 2.29. The first kappa shape index (κ1) is 17.2. The number of nitrogens with zero attached hydrogens (tertiary/aromatic N) is 2. The van der Waals surface area contributed by atoms with Gasteiger partial charge in [-0.3, -0.25) is 0 Å². The van der Waals surface area contributed by atoms with Crippen LogP contribution in [0, 0.1) is 18.3 Å². The average Bonchev–Trinajstić information content (AvgIpc) is 2.40. The second kappa shape index (κ2) is 7.26. The van der Waals surface area contributed by atoms with E-state index in [1.165, 1.54) is 6.07 Å². The molecule has 0 aliphatic rings. The molecule has 0 radical (unpaired) electrons. The van der Waals surface area contributed by atoms with Crippen molar-refractivity contribution in [3.05, 3.63) is 17.7 Å². The van der Waals surface area contributed by atoms with Gasteiger partial charge in [-0.25, -0.2) is 13.6 Å². The second-order valence-electron chi connectivity index (χ2n) is 4.60. The van der Waals surface area contributed by atoms with Crippen LogP contribution in [0.1, 0.15) is 12.0 Å². The molecular weight excluding hydrogens is 292 g/mol. The summed E-state index contributed by atoms with van der Waals surface area (Å²) in [5.74, 6) is 0. The molecule has 0 aliphatic carbocycles. The molecule has 0 bridgehead atoms. The lowest BCUT2D eigenvalue weighted by Gasteiger charge is -2.26. The molecule has 0 amide bonds. The molecule has 0 spiro atoms. The number of rotatable bonds is 7. The molecule has 0 aliphatic heterocycles. The van der Waals surface area contributed by atoms with E-state index in [4.69, 9.17) is 20.9 Å². The number of nitrogen functional groups attached to an aromatic ring is 1. The van der Waals surface area contributed by atoms with Gasteiger partial charge in [0.25, 0.3) is 0 Å². The van der Waals surface area contributed by atoms with Crippen LogP contribution in [-0.4, -0.2) is 35.2 Å². The van der Waals surface area contributed by atoms with Crippen LogP contribution < -0.4 is 15.8 Å². The fraction of sp³-hybridized carbons (Fsp3) is 0.462. The minimum Gasteiger partial charge on any atom is -0.399 e. The number of benzene rings is 1. The molecule has 21 heavy (non-hydrogen) atoms. The van der Waals surface area contributed by atoms with Crippen molar-refractivity contribution in [3.63, 3.8) is 0 Å². The summed E-state index contributed by atoms with van der Waals surface area (Å²) in [5.41, 5.74) is 7.24. The third kappa shape index (κ3) is 4.60. The lowest BCUT2D eigenvalue weighted by atomic mass is 10.1. The highest BCUT2D eigenvalue weighted by atomic mass is 32.2. The molecule has 0 fully saturated rings. The van der Waals surface area contributed by atoms with E-state index < -0.39 is 10.0 Å². The first-order chi connectivity index (χ1) is 9.81. The monoisotopic (exact) mass is 312 g/mol. The molecule has 0 atom stereocenters. The molecular formula is C13H20N4O3S. The van der Waals surface area contributed by atoms with Crippen LogP contribution in [0.4, 0.5) is 11.4 Å². The Morgan fingerprint density at radius 3 is 2.57 bits per heavy atom. The molecule has 0 heterocycles. The Balaban J connectivity index is 3.30. The topological polar surface area (TPSA) is 122 Å². The summed E-state index contributed by atoms with van der Waals surface area (Å²) in [6, 6.07) is 5.08. The zero-order valence-electron chi connectivity index (χ0n) is 12.2. The average molecular weight is 312 g/mol. The van der Waals surface area contributed by atoms with Crippen LogP contribution in [0.15, 0.2) is 17.0 Å². The Morgan fingerprint density at radius 1 is 1.38 bits per heavy atom. The van der Waals surface area contributed by atoms with Crippen LogP contribution in [0.5, 0.6) is 0 Å². The Bertz CT molecular complexity index is 638. The van der Waals surface area contributed by atoms with Crippen molar-refractivity contribution in [1.29, 1.82) is 5.26 Å². The molecule has 0 aromatic heterocycles. The minimum atomic E-state index is -3.86. The number of hydrogen-bond donors (Lipinski definition) is 2. The van der Waals surface area contributed by atoms with Gasteiger partial charge in [0.1, 0.15) is 0 Å². The number of methoxy groups -OCH3 is 1. The highest BCUT2D eigenvalue weighted by Gasteiger charge is 2.18. The SMILES string of the molecule is COCCN(CCC#N)c1cc(N)cc(S(N)(=O)=O)c1C. The molecule has 8 heteroatoms. The van der Waals surface area contributed by atoms with Gasteiger partial charge in [-0.1, -0.05) is 0 Å². The number of sulfonamides is 1. The quantitative estimate of drug-likeness (QED) is 0.710. The maximum absolute atomic E-state index is 11.6. The van der Waals surface area contributed by atoms with E-state index in [2.05, 4.69) is 6.07 Å². The summed E-state index contributed by atoms with van der Waals surface area (Å²) < 4.78 is 28.3. The van der Waals surface area contributed by atoms with Crippen molar-refractivity contribution in [1.82, 2.24) is 0 Å². The van der Waals surface area contributed by atoms with Crippen molar-refractivity contribution >= 4 is 21.4 Å². The molecule has 1 rings (SSSR count). The van der Waals surface area contributed by atoms with Gasteiger partial charge in [-0.2, -0.15) is 5.26 Å². The molecule has 4 N–H and O–H groups in total. The van der Waals surface area contributed by atoms with Crippen molar-refractivity contribution < 1.29 is 13.2 Å². The number of anilines is 2. The first-order valence-electron chi connectivity index (χ1n) is 6.35. The van der Waals surface area contributed by atoms with Crippen LogP contribution in [0.3, 0.4) is 0 Å². The smallest absolute Gasteiger partial charge is 0.238 e. The Hall–Kier alpha value is -1.82. The summed E-state index contributed by atoms with van der Waals surface area (Å²) in [4.78, 5) is 1.87. The maximum atomic E-state index is 11.6. The van der Waals surface area contributed by atoms with Gasteiger partial charge in [0, 0.05) is 31.6 Å². The molecule has 116 valence electrons. The van der Waals surface area contributed by atoms with Gasteiger partial charge in [-0.05, 0) is 24.6 Å². The van der Waals surface area contributed by atoms with Gasteiger partial charge >= 0.3 is 0 Å². The van der Waals surface area contributed by atoms with Crippen molar-refractivity contribution in [2.24, 2.45) is 5.14 Å². The maximum Gasteiger partial charge on any atom is 0.238 e.